The molecule has 0 atom stereocenters. The van der Waals surface area contributed by atoms with E-state index in [1.807, 2.05) is 13.8 Å². The second-order valence-corrected chi connectivity index (χ2v) is 5.23. The van der Waals surface area contributed by atoms with E-state index in [0.29, 0.717) is 28.3 Å². The van der Waals surface area contributed by atoms with E-state index in [2.05, 4.69) is 5.32 Å². The predicted octanol–water partition coefficient (Wildman–Crippen LogP) is 3.55. The van der Waals surface area contributed by atoms with Gasteiger partial charge in [-0.1, -0.05) is 6.07 Å². The maximum absolute atomic E-state index is 12.4. The normalized spacial score (nSPS) is 10.3. The zero-order chi connectivity index (χ0) is 16.8. The van der Waals surface area contributed by atoms with Crippen LogP contribution in [0.3, 0.4) is 0 Å². The first-order valence-electron chi connectivity index (χ1n) is 7.24. The van der Waals surface area contributed by atoms with E-state index < -0.39 is 0 Å². The van der Waals surface area contributed by atoms with Crippen LogP contribution < -0.4 is 14.8 Å². The van der Waals surface area contributed by atoms with Crippen LogP contribution >= 0.6 is 0 Å². The van der Waals surface area contributed by atoms with Crippen molar-refractivity contribution in [2.24, 2.45) is 0 Å². The average molecular weight is 313 g/mol. The number of carbonyl (C=O) groups is 2. The Morgan fingerprint density at radius 3 is 2.61 bits per heavy atom. The fourth-order valence-corrected chi connectivity index (χ4v) is 2.03. The third-order valence-corrected chi connectivity index (χ3v) is 3.08. The van der Waals surface area contributed by atoms with E-state index in [1.165, 1.54) is 0 Å². The highest BCUT2D eigenvalue weighted by molar-refractivity contribution is 6.05. The fraction of sp³-hybridized carbons (Fsp3) is 0.222. The molecule has 120 valence electrons. The SMILES string of the molecule is COc1cccc(C(=O)Nc2cc(C=O)ccc2OC(C)C)c1. The number of carbonyl (C=O) groups excluding carboxylic acids is 2. The van der Waals surface area contributed by atoms with Crippen LogP contribution in [0, 0.1) is 0 Å². The average Bonchev–Trinajstić information content (AvgIpc) is 2.56. The van der Waals surface area contributed by atoms with Crippen molar-refractivity contribution in [1.82, 2.24) is 0 Å². The Kier molecular flexibility index (Phi) is 5.36. The molecule has 0 aliphatic heterocycles. The highest BCUT2D eigenvalue weighted by Gasteiger charge is 2.12. The van der Waals surface area contributed by atoms with Crippen molar-refractivity contribution in [3.05, 3.63) is 53.6 Å². The van der Waals surface area contributed by atoms with Crippen LogP contribution in [-0.2, 0) is 0 Å². The van der Waals surface area contributed by atoms with Crippen molar-refractivity contribution in [1.29, 1.82) is 0 Å². The lowest BCUT2D eigenvalue weighted by Gasteiger charge is -2.15. The molecule has 0 radical (unpaired) electrons. The number of aldehydes is 1. The van der Waals surface area contributed by atoms with Gasteiger partial charge in [-0.05, 0) is 50.2 Å². The van der Waals surface area contributed by atoms with Gasteiger partial charge < -0.3 is 14.8 Å². The number of nitrogens with one attached hydrogen (secondary N) is 1. The summed E-state index contributed by atoms with van der Waals surface area (Å²) in [6, 6.07) is 11.7. The number of amides is 1. The largest absolute Gasteiger partial charge is 0.497 e. The van der Waals surface area contributed by atoms with E-state index in [1.54, 1.807) is 49.6 Å². The maximum Gasteiger partial charge on any atom is 0.255 e. The molecule has 1 amide bonds. The molecule has 1 N–H and O–H groups in total. The zero-order valence-electron chi connectivity index (χ0n) is 13.3. The van der Waals surface area contributed by atoms with Crippen molar-refractivity contribution in [3.63, 3.8) is 0 Å². The first-order valence-corrected chi connectivity index (χ1v) is 7.24. The van der Waals surface area contributed by atoms with Crippen molar-refractivity contribution in [2.45, 2.75) is 20.0 Å². The van der Waals surface area contributed by atoms with Crippen LogP contribution in [0.4, 0.5) is 5.69 Å². The smallest absolute Gasteiger partial charge is 0.255 e. The van der Waals surface area contributed by atoms with Crippen molar-refractivity contribution in [2.75, 3.05) is 12.4 Å². The van der Waals surface area contributed by atoms with Gasteiger partial charge in [-0.25, -0.2) is 0 Å². The molecule has 0 saturated heterocycles. The second kappa shape index (κ2) is 7.45. The van der Waals surface area contributed by atoms with Crippen LogP contribution in [0.15, 0.2) is 42.5 Å². The summed E-state index contributed by atoms with van der Waals surface area (Å²) in [5.74, 6) is 0.806. The highest BCUT2D eigenvalue weighted by Crippen LogP contribution is 2.27. The van der Waals surface area contributed by atoms with Gasteiger partial charge in [0.1, 0.15) is 17.8 Å². The van der Waals surface area contributed by atoms with E-state index in [0.717, 1.165) is 6.29 Å². The lowest BCUT2D eigenvalue weighted by Crippen LogP contribution is -2.15. The van der Waals surface area contributed by atoms with Crippen LogP contribution in [0.1, 0.15) is 34.6 Å². The first-order chi connectivity index (χ1) is 11.0. The van der Waals surface area contributed by atoms with Crippen LogP contribution in [0.25, 0.3) is 0 Å². The topological polar surface area (TPSA) is 64.6 Å². The summed E-state index contributed by atoms with van der Waals surface area (Å²) in [5.41, 5.74) is 1.37. The Morgan fingerprint density at radius 1 is 1.17 bits per heavy atom. The Morgan fingerprint density at radius 2 is 1.96 bits per heavy atom. The summed E-state index contributed by atoms with van der Waals surface area (Å²) in [4.78, 5) is 23.4. The monoisotopic (exact) mass is 313 g/mol. The van der Waals surface area contributed by atoms with Crippen LogP contribution in [0.2, 0.25) is 0 Å². The Bertz CT molecular complexity index is 710. The van der Waals surface area contributed by atoms with Gasteiger partial charge in [-0.15, -0.1) is 0 Å². The maximum atomic E-state index is 12.4. The second-order valence-electron chi connectivity index (χ2n) is 5.23. The standard InChI is InChI=1S/C18H19NO4/c1-12(2)23-17-8-7-13(11-20)9-16(17)19-18(21)14-5-4-6-15(10-14)22-3/h4-12H,1-3H3,(H,19,21). The third kappa shape index (κ3) is 4.32. The minimum absolute atomic E-state index is 0.0513. The van der Waals surface area contributed by atoms with E-state index in [9.17, 15) is 9.59 Å². The van der Waals surface area contributed by atoms with E-state index in [4.69, 9.17) is 9.47 Å². The van der Waals surface area contributed by atoms with Gasteiger partial charge in [0, 0.05) is 11.1 Å². The molecule has 0 heterocycles. The molecule has 2 aromatic carbocycles. The first kappa shape index (κ1) is 16.5. The molecular weight excluding hydrogens is 294 g/mol. The zero-order valence-corrected chi connectivity index (χ0v) is 13.3. The van der Waals surface area contributed by atoms with Crippen molar-refractivity contribution in [3.8, 4) is 11.5 Å². The van der Waals surface area contributed by atoms with E-state index >= 15 is 0 Å². The van der Waals surface area contributed by atoms with Gasteiger partial charge in [-0.3, -0.25) is 9.59 Å². The molecule has 0 saturated carbocycles. The molecular formula is C18H19NO4. The number of hydrogen-bond acceptors (Lipinski definition) is 4. The minimum atomic E-state index is -0.305. The van der Waals surface area contributed by atoms with Gasteiger partial charge in [0.2, 0.25) is 0 Å². The van der Waals surface area contributed by atoms with Gasteiger partial charge in [0.05, 0.1) is 18.9 Å². The van der Waals surface area contributed by atoms with E-state index in [-0.39, 0.29) is 12.0 Å². The molecule has 0 aliphatic rings. The van der Waals surface area contributed by atoms with Crippen LogP contribution in [0.5, 0.6) is 11.5 Å². The lowest BCUT2D eigenvalue weighted by atomic mass is 10.1. The molecule has 23 heavy (non-hydrogen) atoms. The molecule has 0 fully saturated rings. The molecule has 0 unspecified atom stereocenters. The highest BCUT2D eigenvalue weighted by atomic mass is 16.5. The summed E-state index contributed by atoms with van der Waals surface area (Å²) in [5, 5.41) is 2.78. The fourth-order valence-electron chi connectivity index (χ4n) is 2.03. The molecule has 0 aromatic heterocycles. The quantitative estimate of drug-likeness (QED) is 0.828. The number of hydrogen-bond donors (Lipinski definition) is 1. The molecule has 2 aromatic rings. The third-order valence-electron chi connectivity index (χ3n) is 3.08. The molecule has 0 bridgehead atoms. The summed E-state index contributed by atoms with van der Waals surface area (Å²) < 4.78 is 10.8. The summed E-state index contributed by atoms with van der Waals surface area (Å²) in [7, 11) is 1.54. The molecule has 2 rings (SSSR count). The van der Waals surface area contributed by atoms with Crippen molar-refractivity contribution < 1.29 is 19.1 Å². The summed E-state index contributed by atoms with van der Waals surface area (Å²) in [6.45, 7) is 3.78. The summed E-state index contributed by atoms with van der Waals surface area (Å²) in [6.07, 6.45) is 0.671. The Balaban J connectivity index is 2.29. The van der Waals surface area contributed by atoms with Gasteiger partial charge >= 0.3 is 0 Å². The number of methoxy groups -OCH3 is 1. The minimum Gasteiger partial charge on any atom is -0.497 e. The molecule has 0 aliphatic carbocycles. The molecule has 5 heteroatoms. The number of ether oxygens (including phenoxy) is 2. The van der Waals surface area contributed by atoms with Crippen LogP contribution in [-0.4, -0.2) is 25.4 Å². The Labute approximate surface area is 135 Å². The predicted molar refractivity (Wildman–Crippen MR) is 88.5 cm³/mol. The molecule has 0 spiro atoms. The summed E-state index contributed by atoms with van der Waals surface area (Å²) >= 11 is 0. The van der Waals surface area contributed by atoms with Gasteiger partial charge in [0.15, 0.2) is 0 Å². The number of anilines is 1. The number of benzene rings is 2. The lowest BCUT2D eigenvalue weighted by molar-refractivity contribution is 0.102. The van der Waals surface area contributed by atoms with Crippen molar-refractivity contribution >= 4 is 17.9 Å². The molecule has 5 nitrogen and oxygen atoms in total. The van der Waals surface area contributed by atoms with Gasteiger partial charge in [0.25, 0.3) is 5.91 Å². The number of rotatable bonds is 6. The Hall–Kier alpha value is -2.82. The van der Waals surface area contributed by atoms with Gasteiger partial charge in [-0.2, -0.15) is 0 Å².